The smallest absolute Gasteiger partial charge is 0.315 e. The highest BCUT2D eigenvalue weighted by Gasteiger charge is 2.28. The number of rotatable bonds is 2. The SMILES string of the molecule is Cc1cnc2c(c1)OC/C(=N\C(=O)c1ncc(C)c(-c3cccc(C#N)c3)n1)C(=O)N2C. The third-order valence-electron chi connectivity index (χ3n) is 4.87. The van der Waals surface area contributed by atoms with Gasteiger partial charge in [0, 0.05) is 25.0 Å². The molecule has 1 aliphatic heterocycles. The standard InChI is InChI=1S/C23H18N6O3/c1-13-7-18-21(26-10-13)29(3)23(31)17(12-32-18)27-22(30)20-25-11-14(2)19(28-20)16-6-4-5-15(8-16)9-24/h4-8,10-11H,12H2,1-3H3/b27-17+. The molecule has 0 atom stereocenters. The van der Waals surface area contributed by atoms with Crippen LogP contribution >= 0.6 is 0 Å². The van der Waals surface area contributed by atoms with Gasteiger partial charge in [0.15, 0.2) is 11.6 Å². The van der Waals surface area contributed by atoms with E-state index in [9.17, 15) is 9.59 Å². The molecule has 3 aromatic rings. The van der Waals surface area contributed by atoms with Gasteiger partial charge in [-0.1, -0.05) is 12.1 Å². The summed E-state index contributed by atoms with van der Waals surface area (Å²) in [4.78, 5) is 43.6. The Kier molecular flexibility index (Phi) is 5.43. The zero-order valence-electron chi connectivity index (χ0n) is 17.7. The minimum atomic E-state index is -0.766. The van der Waals surface area contributed by atoms with Crippen molar-refractivity contribution in [2.45, 2.75) is 13.8 Å². The summed E-state index contributed by atoms with van der Waals surface area (Å²) >= 11 is 0. The van der Waals surface area contributed by atoms with Crippen LogP contribution in [0.25, 0.3) is 11.3 Å². The Morgan fingerprint density at radius 1 is 1.22 bits per heavy atom. The van der Waals surface area contributed by atoms with Crippen molar-refractivity contribution in [1.82, 2.24) is 15.0 Å². The first kappa shape index (κ1) is 20.8. The molecule has 0 unspecified atom stereocenters. The van der Waals surface area contributed by atoms with Crippen molar-refractivity contribution in [3.8, 4) is 23.1 Å². The number of anilines is 1. The van der Waals surface area contributed by atoms with Gasteiger partial charge in [0.05, 0.1) is 17.3 Å². The second-order valence-corrected chi connectivity index (χ2v) is 7.27. The number of carbonyl (C=O) groups excluding carboxylic acids is 2. The Morgan fingerprint density at radius 2 is 2.03 bits per heavy atom. The number of aryl methyl sites for hydroxylation is 2. The van der Waals surface area contributed by atoms with Crippen LogP contribution in [0, 0.1) is 25.2 Å². The molecule has 32 heavy (non-hydrogen) atoms. The number of fused-ring (bicyclic) bond motifs is 1. The van der Waals surface area contributed by atoms with Gasteiger partial charge in [-0.25, -0.2) is 19.9 Å². The lowest BCUT2D eigenvalue weighted by Gasteiger charge is -2.14. The van der Waals surface area contributed by atoms with Gasteiger partial charge in [0.25, 0.3) is 5.91 Å². The van der Waals surface area contributed by atoms with Crippen molar-refractivity contribution in [1.29, 1.82) is 5.26 Å². The maximum atomic E-state index is 12.8. The van der Waals surface area contributed by atoms with Crippen LogP contribution < -0.4 is 9.64 Å². The molecule has 0 fully saturated rings. The summed E-state index contributed by atoms with van der Waals surface area (Å²) < 4.78 is 5.68. The second kappa shape index (κ2) is 8.35. The van der Waals surface area contributed by atoms with Gasteiger partial charge in [0.1, 0.15) is 12.3 Å². The van der Waals surface area contributed by atoms with Crippen molar-refractivity contribution >= 4 is 23.3 Å². The molecular weight excluding hydrogens is 408 g/mol. The van der Waals surface area contributed by atoms with Crippen LogP contribution in [0.1, 0.15) is 27.3 Å². The Balaban J connectivity index is 1.67. The van der Waals surface area contributed by atoms with Gasteiger partial charge in [-0.3, -0.25) is 14.5 Å². The largest absolute Gasteiger partial charge is 0.483 e. The molecule has 1 aromatic carbocycles. The third kappa shape index (κ3) is 3.94. The molecule has 9 nitrogen and oxygen atoms in total. The maximum absolute atomic E-state index is 12.8. The van der Waals surface area contributed by atoms with Crippen molar-refractivity contribution < 1.29 is 14.3 Å². The van der Waals surface area contributed by atoms with Gasteiger partial charge in [-0.05, 0) is 43.2 Å². The normalized spacial score (nSPS) is 14.4. The summed E-state index contributed by atoms with van der Waals surface area (Å²) in [6.45, 7) is 3.48. The second-order valence-electron chi connectivity index (χ2n) is 7.27. The Hall–Kier alpha value is -4.45. The Morgan fingerprint density at radius 3 is 2.81 bits per heavy atom. The first-order valence-electron chi connectivity index (χ1n) is 9.71. The van der Waals surface area contributed by atoms with Gasteiger partial charge in [-0.2, -0.15) is 5.26 Å². The molecule has 0 bridgehead atoms. The fraction of sp³-hybridized carbons (Fsp3) is 0.174. The number of pyridine rings is 1. The van der Waals surface area contributed by atoms with E-state index in [4.69, 9.17) is 10.00 Å². The molecule has 9 heteroatoms. The van der Waals surface area contributed by atoms with Gasteiger partial charge in [0.2, 0.25) is 5.82 Å². The molecular formula is C23H18N6O3. The minimum absolute atomic E-state index is 0.0784. The van der Waals surface area contributed by atoms with E-state index in [1.165, 1.54) is 11.1 Å². The summed E-state index contributed by atoms with van der Waals surface area (Å²) in [6, 6.07) is 10.7. The van der Waals surface area contributed by atoms with Crippen LogP contribution in [0.4, 0.5) is 5.82 Å². The number of aliphatic imine (C=N–C) groups is 1. The third-order valence-corrected chi connectivity index (χ3v) is 4.87. The van der Waals surface area contributed by atoms with Crippen LogP contribution in [-0.2, 0) is 4.79 Å². The average Bonchev–Trinajstić information content (AvgIpc) is 2.91. The van der Waals surface area contributed by atoms with E-state index >= 15 is 0 Å². The first-order chi connectivity index (χ1) is 15.4. The Bertz CT molecular complexity index is 1330. The van der Waals surface area contributed by atoms with Crippen LogP contribution in [0.15, 0.2) is 47.7 Å². The summed E-state index contributed by atoms with van der Waals surface area (Å²) in [5.74, 6) is -0.637. The molecule has 0 saturated heterocycles. The van der Waals surface area contributed by atoms with Crippen LogP contribution in [0.2, 0.25) is 0 Å². The summed E-state index contributed by atoms with van der Waals surface area (Å²) in [5, 5.41) is 9.15. The number of ether oxygens (including phenoxy) is 1. The van der Waals surface area contributed by atoms with Crippen molar-refractivity contribution in [2.75, 3.05) is 18.6 Å². The predicted molar refractivity (Wildman–Crippen MR) is 117 cm³/mol. The molecule has 1 aliphatic rings. The van der Waals surface area contributed by atoms with E-state index in [2.05, 4.69) is 26.0 Å². The van der Waals surface area contributed by atoms with Crippen LogP contribution in [0.3, 0.4) is 0 Å². The minimum Gasteiger partial charge on any atom is -0.483 e. The van der Waals surface area contributed by atoms with Gasteiger partial charge >= 0.3 is 5.91 Å². The van der Waals surface area contributed by atoms with Gasteiger partial charge in [-0.15, -0.1) is 0 Å². The molecule has 0 aliphatic carbocycles. The molecule has 0 saturated carbocycles. The topological polar surface area (TPSA) is 121 Å². The predicted octanol–water partition coefficient (Wildman–Crippen LogP) is 2.66. The highest BCUT2D eigenvalue weighted by atomic mass is 16.5. The van der Waals surface area contributed by atoms with E-state index in [0.29, 0.717) is 28.4 Å². The molecule has 2 aromatic heterocycles. The van der Waals surface area contributed by atoms with E-state index in [1.807, 2.05) is 6.92 Å². The molecule has 0 N–H and O–H groups in total. The van der Waals surface area contributed by atoms with E-state index < -0.39 is 11.8 Å². The molecule has 158 valence electrons. The number of hydrogen-bond acceptors (Lipinski definition) is 7. The number of amides is 2. The van der Waals surface area contributed by atoms with E-state index in [-0.39, 0.29) is 18.1 Å². The molecule has 0 spiro atoms. The zero-order valence-corrected chi connectivity index (χ0v) is 17.7. The number of nitriles is 1. The van der Waals surface area contributed by atoms with Gasteiger partial charge < -0.3 is 4.74 Å². The number of carbonyl (C=O) groups is 2. The molecule has 3 heterocycles. The fourth-order valence-corrected chi connectivity index (χ4v) is 3.22. The molecule has 4 rings (SSSR count). The fourth-order valence-electron chi connectivity index (χ4n) is 3.22. The quantitative estimate of drug-likeness (QED) is 0.617. The van der Waals surface area contributed by atoms with Crippen molar-refractivity contribution in [2.24, 2.45) is 4.99 Å². The van der Waals surface area contributed by atoms with Crippen LogP contribution in [-0.4, -0.2) is 46.1 Å². The number of benzene rings is 1. The van der Waals surface area contributed by atoms with Crippen LogP contribution in [0.5, 0.6) is 5.75 Å². The summed E-state index contributed by atoms with van der Waals surface area (Å²) in [5.41, 5.74) is 3.19. The zero-order chi connectivity index (χ0) is 22.8. The van der Waals surface area contributed by atoms with Crippen molar-refractivity contribution in [3.63, 3.8) is 0 Å². The highest BCUT2D eigenvalue weighted by Crippen LogP contribution is 2.28. The lowest BCUT2D eigenvalue weighted by atomic mass is 10.1. The number of nitrogens with zero attached hydrogens (tertiary/aromatic N) is 6. The van der Waals surface area contributed by atoms with Crippen molar-refractivity contribution in [3.05, 3.63) is 65.2 Å². The maximum Gasteiger partial charge on any atom is 0.315 e. The molecule has 0 radical (unpaired) electrons. The lowest BCUT2D eigenvalue weighted by molar-refractivity contribution is -0.112. The number of hydrogen-bond donors (Lipinski definition) is 0. The monoisotopic (exact) mass is 426 g/mol. The molecule has 2 amide bonds. The summed E-state index contributed by atoms with van der Waals surface area (Å²) in [6.07, 6.45) is 3.14. The Labute approximate surface area is 184 Å². The summed E-state index contributed by atoms with van der Waals surface area (Å²) in [7, 11) is 1.54. The first-order valence-corrected chi connectivity index (χ1v) is 9.71. The average molecular weight is 426 g/mol. The highest BCUT2D eigenvalue weighted by molar-refractivity contribution is 6.46. The van der Waals surface area contributed by atoms with E-state index in [1.54, 1.807) is 50.5 Å². The number of aromatic nitrogens is 3. The van der Waals surface area contributed by atoms with E-state index in [0.717, 1.165) is 11.1 Å². The lowest BCUT2D eigenvalue weighted by Crippen LogP contribution is -2.35.